The molecule has 0 bridgehead atoms. The number of hydrogen-bond donors (Lipinski definition) is 2. The van der Waals surface area contributed by atoms with E-state index in [0.29, 0.717) is 11.6 Å². The van der Waals surface area contributed by atoms with E-state index < -0.39 is 5.91 Å². The van der Waals surface area contributed by atoms with Gasteiger partial charge in [-0.1, -0.05) is 25.0 Å². The summed E-state index contributed by atoms with van der Waals surface area (Å²) >= 11 is 1.46. The summed E-state index contributed by atoms with van der Waals surface area (Å²) in [5.41, 5.74) is 6.64. The lowest BCUT2D eigenvalue weighted by Crippen LogP contribution is -2.28. The first-order valence-electron chi connectivity index (χ1n) is 11.0. The average molecular weight is 438 g/mol. The van der Waals surface area contributed by atoms with Crippen LogP contribution in [0.5, 0.6) is 0 Å². The molecule has 162 valence electrons. The van der Waals surface area contributed by atoms with Gasteiger partial charge in [0.15, 0.2) is 5.13 Å². The van der Waals surface area contributed by atoms with Crippen LogP contribution in [0.4, 0.5) is 16.9 Å². The Kier molecular flexibility index (Phi) is 5.59. The van der Waals surface area contributed by atoms with Crippen molar-refractivity contribution in [1.82, 2.24) is 15.0 Å². The summed E-state index contributed by atoms with van der Waals surface area (Å²) in [6.45, 7) is 3.75. The van der Waals surface area contributed by atoms with Crippen LogP contribution >= 0.6 is 11.3 Å². The number of benzene rings is 1. The van der Waals surface area contributed by atoms with Crippen LogP contribution in [-0.2, 0) is 0 Å². The van der Waals surface area contributed by atoms with E-state index in [9.17, 15) is 4.79 Å². The molecule has 2 fully saturated rings. The maximum Gasteiger partial charge on any atom is 0.268 e. The molecule has 4 heterocycles. The van der Waals surface area contributed by atoms with Gasteiger partial charge in [-0.3, -0.25) is 4.79 Å². The Morgan fingerprint density at radius 3 is 2.61 bits per heavy atom. The third kappa shape index (κ3) is 4.27. The molecular formula is C22H27N7OS. The van der Waals surface area contributed by atoms with E-state index in [0.717, 1.165) is 54.5 Å². The normalized spacial score (nSPS) is 19.5. The Morgan fingerprint density at radius 1 is 1.03 bits per heavy atom. The first-order valence-corrected chi connectivity index (χ1v) is 11.8. The number of primary amides is 1. The second-order valence-electron chi connectivity index (χ2n) is 8.24. The first-order chi connectivity index (χ1) is 15.2. The topological polar surface area (TPSA) is 100 Å². The van der Waals surface area contributed by atoms with Crippen molar-refractivity contribution in [3.8, 4) is 0 Å². The van der Waals surface area contributed by atoms with Gasteiger partial charge in [0, 0.05) is 43.0 Å². The van der Waals surface area contributed by atoms with Gasteiger partial charge in [-0.2, -0.15) is 4.98 Å². The summed E-state index contributed by atoms with van der Waals surface area (Å²) in [4.78, 5) is 30.1. The van der Waals surface area contributed by atoms with E-state index in [2.05, 4.69) is 38.3 Å². The van der Waals surface area contributed by atoms with Crippen molar-refractivity contribution >= 4 is 45.0 Å². The molecule has 5 rings (SSSR count). The molecule has 3 aromatic rings. The number of carbonyl (C=O) groups is 1. The summed E-state index contributed by atoms with van der Waals surface area (Å²) < 4.78 is 0. The molecule has 0 radical (unpaired) electrons. The van der Waals surface area contributed by atoms with Crippen LogP contribution in [-0.4, -0.2) is 53.1 Å². The first kappa shape index (κ1) is 20.0. The molecule has 0 aliphatic carbocycles. The van der Waals surface area contributed by atoms with E-state index in [1.54, 1.807) is 5.38 Å². The summed E-state index contributed by atoms with van der Waals surface area (Å²) in [6.07, 6.45) is 5.95. The zero-order chi connectivity index (χ0) is 21.2. The average Bonchev–Trinajstić information content (AvgIpc) is 3.36. The zero-order valence-electron chi connectivity index (χ0n) is 17.5. The van der Waals surface area contributed by atoms with E-state index in [1.807, 2.05) is 6.07 Å². The van der Waals surface area contributed by atoms with Crippen LogP contribution in [0.2, 0.25) is 0 Å². The highest BCUT2D eigenvalue weighted by molar-refractivity contribution is 7.13. The molecule has 0 saturated carbocycles. The lowest BCUT2D eigenvalue weighted by Gasteiger charge is -2.24. The van der Waals surface area contributed by atoms with Crippen molar-refractivity contribution in [3.63, 3.8) is 0 Å². The Morgan fingerprint density at radius 2 is 1.84 bits per heavy atom. The summed E-state index contributed by atoms with van der Waals surface area (Å²) in [5.74, 6) is 1.24. The summed E-state index contributed by atoms with van der Waals surface area (Å²) in [6, 6.07) is 8.49. The lowest BCUT2D eigenvalue weighted by molar-refractivity contribution is 0.0996. The van der Waals surface area contributed by atoms with Crippen molar-refractivity contribution in [2.24, 2.45) is 5.73 Å². The molecule has 1 aromatic carbocycles. The minimum Gasteiger partial charge on any atom is -0.364 e. The number of aromatic nitrogens is 3. The molecule has 8 nitrogen and oxygen atoms in total. The molecule has 2 aromatic heterocycles. The van der Waals surface area contributed by atoms with Crippen molar-refractivity contribution < 1.29 is 4.79 Å². The second kappa shape index (κ2) is 8.66. The third-order valence-corrected chi connectivity index (χ3v) is 6.93. The Bertz CT molecular complexity index is 1080. The smallest absolute Gasteiger partial charge is 0.268 e. The van der Waals surface area contributed by atoms with Crippen LogP contribution in [0.25, 0.3) is 10.9 Å². The van der Waals surface area contributed by atoms with Crippen LogP contribution in [0.15, 0.2) is 29.6 Å². The molecule has 31 heavy (non-hydrogen) atoms. The Labute approximate surface area is 185 Å². The fourth-order valence-electron chi connectivity index (χ4n) is 4.41. The van der Waals surface area contributed by atoms with Crippen LogP contribution in [0, 0.1) is 0 Å². The van der Waals surface area contributed by atoms with E-state index in [1.165, 1.54) is 37.0 Å². The molecule has 1 unspecified atom stereocenters. The molecule has 2 aliphatic rings. The van der Waals surface area contributed by atoms with Gasteiger partial charge < -0.3 is 20.9 Å². The van der Waals surface area contributed by atoms with Gasteiger partial charge in [0.1, 0.15) is 11.5 Å². The van der Waals surface area contributed by atoms with E-state index in [-0.39, 0.29) is 6.04 Å². The lowest BCUT2D eigenvalue weighted by atomic mass is 10.2. The standard InChI is InChI=1S/C22H27N7OS/c23-19(30)18-14-31-22(26-18)29-12-9-15(13-29)24-21-25-17-8-4-3-7-16(17)20(27-21)28-10-5-1-2-6-11-28/h3-4,7-8,14-15H,1-2,5-6,9-13H2,(H2,23,30)(H,24,25,27). The number of thiazole rings is 1. The Balaban J connectivity index is 1.36. The predicted octanol–water partition coefficient (Wildman–Crippen LogP) is 3.26. The number of rotatable bonds is 5. The monoisotopic (exact) mass is 437 g/mol. The van der Waals surface area contributed by atoms with Crippen LogP contribution < -0.4 is 20.9 Å². The minimum absolute atomic E-state index is 0.221. The maximum absolute atomic E-state index is 11.3. The number of anilines is 3. The molecule has 0 spiro atoms. The Hall–Kier alpha value is -2.94. The molecule has 2 saturated heterocycles. The number of nitrogens with zero attached hydrogens (tertiary/aromatic N) is 5. The van der Waals surface area contributed by atoms with Crippen LogP contribution in [0.3, 0.4) is 0 Å². The third-order valence-electron chi connectivity index (χ3n) is 6.03. The van der Waals surface area contributed by atoms with Gasteiger partial charge in [0.2, 0.25) is 5.95 Å². The van der Waals surface area contributed by atoms with Crippen molar-refractivity contribution in [2.45, 2.75) is 38.1 Å². The number of carbonyl (C=O) groups excluding carboxylic acids is 1. The van der Waals surface area contributed by atoms with Crippen molar-refractivity contribution in [1.29, 1.82) is 0 Å². The van der Waals surface area contributed by atoms with Crippen molar-refractivity contribution in [3.05, 3.63) is 35.3 Å². The summed E-state index contributed by atoms with van der Waals surface area (Å²) in [7, 11) is 0. The van der Waals surface area contributed by atoms with Gasteiger partial charge in [0.05, 0.1) is 5.52 Å². The molecular weight excluding hydrogens is 410 g/mol. The summed E-state index contributed by atoms with van der Waals surface area (Å²) in [5, 5.41) is 7.22. The molecule has 1 atom stereocenters. The number of hydrogen-bond acceptors (Lipinski definition) is 8. The molecule has 3 N–H and O–H groups in total. The molecule has 2 aliphatic heterocycles. The zero-order valence-corrected chi connectivity index (χ0v) is 18.3. The fourth-order valence-corrected chi connectivity index (χ4v) is 5.26. The highest BCUT2D eigenvalue weighted by Crippen LogP contribution is 2.29. The fraction of sp³-hybridized carbons (Fsp3) is 0.455. The largest absolute Gasteiger partial charge is 0.364 e. The SMILES string of the molecule is NC(=O)c1csc(N2CCC(Nc3nc(N4CCCCCC4)c4ccccc4n3)C2)n1. The van der Waals surface area contributed by atoms with Crippen molar-refractivity contribution in [2.75, 3.05) is 41.3 Å². The highest BCUT2D eigenvalue weighted by Gasteiger charge is 2.26. The van der Waals surface area contributed by atoms with Gasteiger partial charge in [-0.15, -0.1) is 11.3 Å². The van der Waals surface area contributed by atoms with Gasteiger partial charge >= 0.3 is 0 Å². The number of nitrogens with two attached hydrogens (primary N) is 1. The number of amides is 1. The van der Waals surface area contributed by atoms with E-state index >= 15 is 0 Å². The number of para-hydroxylation sites is 1. The van der Waals surface area contributed by atoms with Gasteiger partial charge in [0.25, 0.3) is 5.91 Å². The second-order valence-corrected chi connectivity index (χ2v) is 9.08. The minimum atomic E-state index is -0.484. The molecule has 1 amide bonds. The van der Waals surface area contributed by atoms with Gasteiger partial charge in [-0.05, 0) is 31.4 Å². The number of fused-ring (bicyclic) bond motifs is 1. The number of nitrogens with one attached hydrogen (secondary N) is 1. The quantitative estimate of drug-likeness (QED) is 0.632. The van der Waals surface area contributed by atoms with Crippen LogP contribution in [0.1, 0.15) is 42.6 Å². The predicted molar refractivity (Wildman–Crippen MR) is 125 cm³/mol. The molecule has 9 heteroatoms. The van der Waals surface area contributed by atoms with E-state index in [4.69, 9.17) is 15.7 Å². The van der Waals surface area contributed by atoms with Gasteiger partial charge in [-0.25, -0.2) is 9.97 Å². The highest BCUT2D eigenvalue weighted by atomic mass is 32.1. The maximum atomic E-state index is 11.3.